The summed E-state index contributed by atoms with van der Waals surface area (Å²) >= 11 is 11.4. The lowest BCUT2D eigenvalue weighted by Crippen LogP contribution is -2.31. The number of benzene rings is 1. The molecular weight excluding hydrogens is 306 g/mol. The van der Waals surface area contributed by atoms with Crippen LogP contribution in [-0.4, -0.2) is 27.7 Å². The maximum atomic E-state index is 6.37. The van der Waals surface area contributed by atoms with Gasteiger partial charge in [0.2, 0.25) is 0 Å². The Morgan fingerprint density at radius 1 is 1.43 bits per heavy atom. The van der Waals surface area contributed by atoms with Crippen LogP contribution in [0, 0.1) is 6.92 Å². The smallest absolute Gasteiger partial charge is 0.186 e. The number of hydrazone groups is 1. The van der Waals surface area contributed by atoms with Crippen LogP contribution in [0.25, 0.3) is 5.69 Å². The van der Waals surface area contributed by atoms with Crippen LogP contribution in [0.2, 0.25) is 5.15 Å². The number of aryl methyl sites for hydroxylation is 1. The molecule has 5 nitrogen and oxygen atoms in total. The summed E-state index contributed by atoms with van der Waals surface area (Å²) in [4.78, 5) is 0. The molecule has 0 aliphatic carbocycles. The minimum Gasteiger partial charge on any atom is -0.362 e. The fourth-order valence-corrected chi connectivity index (χ4v) is 2.27. The number of halogens is 1. The van der Waals surface area contributed by atoms with E-state index in [0.717, 1.165) is 23.5 Å². The van der Waals surface area contributed by atoms with E-state index in [9.17, 15) is 0 Å². The van der Waals surface area contributed by atoms with Crippen LogP contribution in [0.1, 0.15) is 18.2 Å². The van der Waals surface area contributed by atoms with Gasteiger partial charge in [-0.1, -0.05) is 29.8 Å². The molecule has 0 unspecified atom stereocenters. The number of para-hydroxylation sites is 1. The number of hydrogen-bond donors (Lipinski definition) is 2. The first-order valence-electron chi connectivity index (χ1n) is 6.51. The quantitative estimate of drug-likeness (QED) is 0.516. The Labute approximate surface area is 134 Å². The Bertz CT molecular complexity index is 651. The van der Waals surface area contributed by atoms with Crippen LogP contribution in [0.15, 0.2) is 35.4 Å². The van der Waals surface area contributed by atoms with Crippen LogP contribution in [0.4, 0.5) is 0 Å². The van der Waals surface area contributed by atoms with E-state index in [2.05, 4.69) is 20.9 Å². The molecule has 0 amide bonds. The van der Waals surface area contributed by atoms with Gasteiger partial charge in [0.1, 0.15) is 5.15 Å². The van der Waals surface area contributed by atoms with E-state index in [1.54, 1.807) is 10.9 Å². The lowest BCUT2D eigenvalue weighted by atomic mass is 10.3. The standard InChI is InChI=1S/C14H16ClN5S/c1-3-16-14(21)18-17-9-12-10(2)19-20(13(12)15)11-7-5-4-6-8-11/h4-9H,3H2,1-2H3,(H2,16,18,21). The summed E-state index contributed by atoms with van der Waals surface area (Å²) < 4.78 is 1.68. The molecule has 0 aliphatic rings. The zero-order chi connectivity index (χ0) is 15.2. The molecule has 110 valence electrons. The fourth-order valence-electron chi connectivity index (χ4n) is 1.75. The van der Waals surface area contributed by atoms with Gasteiger partial charge in [-0.25, -0.2) is 4.68 Å². The molecule has 0 bridgehead atoms. The van der Waals surface area contributed by atoms with Crippen molar-refractivity contribution in [2.45, 2.75) is 13.8 Å². The molecule has 0 fully saturated rings. The van der Waals surface area contributed by atoms with Gasteiger partial charge in [0.05, 0.1) is 23.2 Å². The number of rotatable bonds is 4. The van der Waals surface area contributed by atoms with Crippen molar-refractivity contribution in [2.24, 2.45) is 5.10 Å². The first kappa shape index (κ1) is 15.5. The van der Waals surface area contributed by atoms with Gasteiger partial charge in [-0.15, -0.1) is 0 Å². The fraction of sp³-hybridized carbons (Fsp3) is 0.214. The van der Waals surface area contributed by atoms with Crippen LogP contribution >= 0.6 is 23.8 Å². The van der Waals surface area contributed by atoms with Crippen molar-refractivity contribution in [3.8, 4) is 5.69 Å². The molecule has 0 saturated heterocycles. The third-order valence-electron chi connectivity index (χ3n) is 2.75. The highest BCUT2D eigenvalue weighted by molar-refractivity contribution is 7.80. The molecule has 2 rings (SSSR count). The van der Waals surface area contributed by atoms with Gasteiger partial charge in [-0.3, -0.25) is 5.43 Å². The number of hydrogen-bond acceptors (Lipinski definition) is 3. The summed E-state index contributed by atoms with van der Waals surface area (Å²) in [5.41, 5.74) is 5.19. The Hall–Kier alpha value is -1.92. The third-order valence-corrected chi connectivity index (χ3v) is 3.35. The summed E-state index contributed by atoms with van der Waals surface area (Å²) in [6.45, 7) is 4.59. The van der Waals surface area contributed by atoms with Gasteiger partial charge >= 0.3 is 0 Å². The number of thiocarbonyl (C=S) groups is 1. The summed E-state index contributed by atoms with van der Waals surface area (Å²) in [5.74, 6) is 0. The Morgan fingerprint density at radius 2 is 2.14 bits per heavy atom. The summed E-state index contributed by atoms with van der Waals surface area (Å²) in [5, 5.41) is 12.4. The molecule has 21 heavy (non-hydrogen) atoms. The summed E-state index contributed by atoms with van der Waals surface area (Å²) in [6, 6.07) is 9.71. The largest absolute Gasteiger partial charge is 0.362 e. The molecule has 0 aliphatic heterocycles. The predicted molar refractivity (Wildman–Crippen MR) is 90.3 cm³/mol. The topological polar surface area (TPSA) is 54.2 Å². The molecule has 0 spiro atoms. The highest BCUT2D eigenvalue weighted by Gasteiger charge is 2.12. The summed E-state index contributed by atoms with van der Waals surface area (Å²) in [6.07, 6.45) is 1.62. The lowest BCUT2D eigenvalue weighted by molar-refractivity contribution is 0.863. The highest BCUT2D eigenvalue weighted by atomic mass is 35.5. The average Bonchev–Trinajstić information content (AvgIpc) is 2.76. The molecular formula is C14H16ClN5S. The molecule has 2 N–H and O–H groups in total. The van der Waals surface area contributed by atoms with Gasteiger partial charge < -0.3 is 5.32 Å². The molecule has 1 aromatic carbocycles. The highest BCUT2D eigenvalue weighted by Crippen LogP contribution is 2.21. The van der Waals surface area contributed by atoms with Crippen LogP contribution < -0.4 is 10.7 Å². The Balaban J connectivity index is 2.20. The zero-order valence-electron chi connectivity index (χ0n) is 11.8. The van der Waals surface area contributed by atoms with Crippen molar-refractivity contribution in [1.29, 1.82) is 0 Å². The summed E-state index contributed by atoms with van der Waals surface area (Å²) in [7, 11) is 0. The van der Waals surface area contributed by atoms with E-state index in [1.807, 2.05) is 44.2 Å². The van der Waals surface area contributed by atoms with E-state index < -0.39 is 0 Å². The molecule has 1 heterocycles. The van der Waals surface area contributed by atoms with Crippen molar-refractivity contribution >= 4 is 35.1 Å². The third kappa shape index (κ3) is 3.80. The van der Waals surface area contributed by atoms with Gasteiger partial charge in [0.25, 0.3) is 0 Å². The predicted octanol–water partition coefficient (Wildman–Crippen LogP) is 2.65. The second-order valence-corrected chi connectivity index (χ2v) is 5.03. The first-order chi connectivity index (χ1) is 10.1. The monoisotopic (exact) mass is 321 g/mol. The van der Waals surface area contributed by atoms with Crippen molar-refractivity contribution in [1.82, 2.24) is 20.5 Å². The normalized spacial score (nSPS) is 10.8. The Kier molecular flexibility index (Phi) is 5.30. The van der Waals surface area contributed by atoms with Crippen molar-refractivity contribution in [2.75, 3.05) is 6.54 Å². The lowest BCUT2D eigenvalue weighted by Gasteiger charge is -2.03. The maximum absolute atomic E-state index is 6.37. The van der Waals surface area contributed by atoms with Gasteiger partial charge in [-0.05, 0) is 38.2 Å². The Morgan fingerprint density at radius 3 is 2.81 bits per heavy atom. The van der Waals surface area contributed by atoms with Crippen molar-refractivity contribution in [3.63, 3.8) is 0 Å². The second kappa shape index (κ2) is 7.19. The minimum absolute atomic E-state index is 0.470. The van der Waals surface area contributed by atoms with Gasteiger partial charge in [0, 0.05) is 6.54 Å². The number of nitrogens with one attached hydrogen (secondary N) is 2. The molecule has 0 radical (unpaired) electrons. The average molecular weight is 322 g/mol. The van der Waals surface area contributed by atoms with E-state index in [1.165, 1.54) is 0 Å². The first-order valence-corrected chi connectivity index (χ1v) is 7.29. The molecule has 0 atom stereocenters. The molecule has 2 aromatic rings. The van der Waals surface area contributed by atoms with E-state index in [4.69, 9.17) is 23.8 Å². The van der Waals surface area contributed by atoms with Gasteiger partial charge in [0.15, 0.2) is 5.11 Å². The molecule has 0 saturated carbocycles. The zero-order valence-corrected chi connectivity index (χ0v) is 13.4. The van der Waals surface area contributed by atoms with E-state index in [-0.39, 0.29) is 0 Å². The number of nitrogens with zero attached hydrogens (tertiary/aromatic N) is 3. The molecule has 7 heteroatoms. The SMILES string of the molecule is CCNC(=S)NN=Cc1c(C)nn(-c2ccccc2)c1Cl. The van der Waals surface area contributed by atoms with E-state index >= 15 is 0 Å². The molecule has 1 aromatic heterocycles. The van der Waals surface area contributed by atoms with Gasteiger partial charge in [-0.2, -0.15) is 10.2 Å². The minimum atomic E-state index is 0.470. The number of aromatic nitrogens is 2. The van der Waals surface area contributed by atoms with Crippen molar-refractivity contribution < 1.29 is 0 Å². The second-order valence-electron chi connectivity index (χ2n) is 4.27. The van der Waals surface area contributed by atoms with Crippen molar-refractivity contribution in [3.05, 3.63) is 46.7 Å². The maximum Gasteiger partial charge on any atom is 0.186 e. The van der Waals surface area contributed by atoms with Crippen LogP contribution in [-0.2, 0) is 0 Å². The van der Waals surface area contributed by atoms with Crippen LogP contribution in [0.3, 0.4) is 0 Å². The van der Waals surface area contributed by atoms with E-state index in [0.29, 0.717) is 10.3 Å². The van der Waals surface area contributed by atoms with Crippen LogP contribution in [0.5, 0.6) is 0 Å².